The van der Waals surface area contributed by atoms with Crippen LogP contribution in [0.25, 0.3) is 0 Å². The lowest BCUT2D eigenvalue weighted by Crippen LogP contribution is -2.21. The first kappa shape index (κ1) is 12.2. The highest BCUT2D eigenvalue weighted by Crippen LogP contribution is 2.30. The normalized spacial score (nSPS) is 16.2. The summed E-state index contributed by atoms with van der Waals surface area (Å²) in [6.07, 6.45) is 3.19. The number of nitrogens with one attached hydrogen (secondary N) is 1. The first-order valence-corrected chi connectivity index (χ1v) is 7.37. The van der Waals surface area contributed by atoms with Crippen molar-refractivity contribution in [2.24, 2.45) is 0 Å². The minimum absolute atomic E-state index is 0.356. The van der Waals surface area contributed by atoms with Crippen LogP contribution in [0.1, 0.15) is 12.8 Å². The number of rotatable bonds is 3. The van der Waals surface area contributed by atoms with Gasteiger partial charge in [-0.3, -0.25) is 4.72 Å². The number of hydrogen-bond donors (Lipinski definition) is 1. The van der Waals surface area contributed by atoms with Crippen LogP contribution in [0.2, 0.25) is 0 Å². The summed E-state index contributed by atoms with van der Waals surface area (Å²) >= 11 is 0. The molecule has 0 aliphatic carbocycles. The van der Waals surface area contributed by atoms with Crippen molar-refractivity contribution < 1.29 is 12.8 Å². The third kappa shape index (κ3) is 3.09. The van der Waals surface area contributed by atoms with Crippen LogP contribution >= 0.6 is 0 Å². The van der Waals surface area contributed by atoms with Gasteiger partial charge in [-0.05, 0) is 31.0 Å². The van der Waals surface area contributed by atoms with Crippen LogP contribution in [-0.2, 0) is 10.0 Å². The van der Waals surface area contributed by atoms with E-state index < -0.39 is 10.0 Å². The Hall–Kier alpha value is -1.30. The first-order chi connectivity index (χ1) is 7.96. The Morgan fingerprint density at radius 3 is 2.53 bits per heavy atom. The molecule has 4 nitrogen and oxygen atoms in total. The van der Waals surface area contributed by atoms with Gasteiger partial charge in [0.2, 0.25) is 10.0 Å². The van der Waals surface area contributed by atoms with Crippen molar-refractivity contribution in [1.82, 2.24) is 0 Å². The number of benzene rings is 1. The summed E-state index contributed by atoms with van der Waals surface area (Å²) in [7, 11) is -3.34. The zero-order valence-corrected chi connectivity index (χ0v) is 10.4. The second-order valence-corrected chi connectivity index (χ2v) is 5.98. The minimum Gasteiger partial charge on any atom is -0.370 e. The summed E-state index contributed by atoms with van der Waals surface area (Å²) in [6.45, 7) is 1.67. The molecule has 0 atom stereocenters. The number of sulfonamides is 1. The maximum absolute atomic E-state index is 13.2. The van der Waals surface area contributed by atoms with Crippen LogP contribution < -0.4 is 9.62 Å². The smallest absolute Gasteiger partial charge is 0.229 e. The predicted octanol–water partition coefficient (Wildman–Crippen LogP) is 1.80. The van der Waals surface area contributed by atoms with Gasteiger partial charge in [0.05, 0.1) is 17.6 Å². The predicted molar refractivity (Wildman–Crippen MR) is 66.3 cm³/mol. The van der Waals surface area contributed by atoms with Gasteiger partial charge in [-0.2, -0.15) is 0 Å². The van der Waals surface area contributed by atoms with Crippen LogP contribution in [0.3, 0.4) is 0 Å². The Morgan fingerprint density at radius 2 is 1.94 bits per heavy atom. The van der Waals surface area contributed by atoms with Gasteiger partial charge >= 0.3 is 0 Å². The van der Waals surface area contributed by atoms with Gasteiger partial charge in [-0.25, -0.2) is 12.8 Å². The number of hydrogen-bond acceptors (Lipinski definition) is 3. The van der Waals surface area contributed by atoms with E-state index in [1.807, 2.05) is 4.90 Å². The maximum Gasteiger partial charge on any atom is 0.229 e. The van der Waals surface area contributed by atoms with Crippen LogP contribution in [0.5, 0.6) is 0 Å². The van der Waals surface area contributed by atoms with Gasteiger partial charge in [0.25, 0.3) is 0 Å². The van der Waals surface area contributed by atoms with E-state index in [-0.39, 0.29) is 5.82 Å². The molecule has 6 heteroatoms. The first-order valence-electron chi connectivity index (χ1n) is 5.48. The number of nitrogens with zero attached hydrogens (tertiary/aromatic N) is 1. The van der Waals surface area contributed by atoms with Crippen molar-refractivity contribution in [3.63, 3.8) is 0 Å². The molecule has 0 spiro atoms. The second kappa shape index (κ2) is 4.52. The van der Waals surface area contributed by atoms with Crippen molar-refractivity contribution in [3.05, 3.63) is 24.0 Å². The molecule has 1 aromatic carbocycles. The average Bonchev–Trinajstić information content (AvgIpc) is 2.71. The minimum atomic E-state index is -3.34. The highest BCUT2D eigenvalue weighted by atomic mass is 32.2. The molecule has 1 aliphatic rings. The fourth-order valence-electron chi connectivity index (χ4n) is 2.01. The molecule has 1 heterocycles. The van der Waals surface area contributed by atoms with E-state index in [4.69, 9.17) is 0 Å². The molecule has 0 unspecified atom stereocenters. The van der Waals surface area contributed by atoms with E-state index in [0.29, 0.717) is 11.4 Å². The van der Waals surface area contributed by atoms with E-state index in [0.717, 1.165) is 32.2 Å². The third-order valence-corrected chi connectivity index (χ3v) is 3.29. The van der Waals surface area contributed by atoms with E-state index in [9.17, 15) is 12.8 Å². The largest absolute Gasteiger partial charge is 0.370 e. The van der Waals surface area contributed by atoms with Crippen molar-refractivity contribution in [2.75, 3.05) is 29.0 Å². The van der Waals surface area contributed by atoms with E-state index >= 15 is 0 Å². The molecule has 0 radical (unpaired) electrons. The van der Waals surface area contributed by atoms with Crippen molar-refractivity contribution in [1.29, 1.82) is 0 Å². The molecule has 94 valence electrons. The summed E-state index contributed by atoms with van der Waals surface area (Å²) < 4.78 is 38.1. The Bertz CT molecular complexity index is 510. The van der Waals surface area contributed by atoms with Crippen LogP contribution in [-0.4, -0.2) is 27.8 Å². The molecule has 0 amide bonds. The molecule has 1 aromatic rings. The SMILES string of the molecule is CS(=O)(=O)Nc1ccc(F)cc1N1CCCC1. The van der Waals surface area contributed by atoms with E-state index in [1.165, 1.54) is 18.2 Å². The molecule has 1 saturated heterocycles. The van der Waals surface area contributed by atoms with Crippen molar-refractivity contribution in [3.8, 4) is 0 Å². The standard InChI is InChI=1S/C11H15FN2O2S/c1-17(15,16)13-10-5-4-9(12)8-11(10)14-6-2-3-7-14/h4-5,8,13H,2-3,6-7H2,1H3. The molecule has 1 fully saturated rings. The lowest BCUT2D eigenvalue weighted by atomic mass is 10.2. The van der Waals surface area contributed by atoms with Gasteiger partial charge in [0, 0.05) is 13.1 Å². The molecule has 0 aromatic heterocycles. The third-order valence-electron chi connectivity index (χ3n) is 2.70. The summed E-state index contributed by atoms with van der Waals surface area (Å²) in [4.78, 5) is 2.00. The summed E-state index contributed by atoms with van der Waals surface area (Å²) in [6, 6.07) is 4.09. The van der Waals surface area contributed by atoms with Crippen LogP contribution in [0.4, 0.5) is 15.8 Å². The van der Waals surface area contributed by atoms with Crippen molar-refractivity contribution in [2.45, 2.75) is 12.8 Å². The molecule has 2 rings (SSSR count). The summed E-state index contributed by atoms with van der Waals surface area (Å²) in [5, 5.41) is 0. The number of halogens is 1. The molecule has 17 heavy (non-hydrogen) atoms. The molecule has 0 saturated carbocycles. The van der Waals surface area contributed by atoms with Gasteiger partial charge in [0.15, 0.2) is 0 Å². The van der Waals surface area contributed by atoms with Crippen LogP contribution in [0.15, 0.2) is 18.2 Å². The monoisotopic (exact) mass is 258 g/mol. The molecule has 0 bridgehead atoms. The molecule has 1 N–H and O–H groups in total. The Morgan fingerprint density at radius 1 is 1.29 bits per heavy atom. The highest BCUT2D eigenvalue weighted by molar-refractivity contribution is 7.92. The maximum atomic E-state index is 13.2. The quantitative estimate of drug-likeness (QED) is 0.899. The average molecular weight is 258 g/mol. The highest BCUT2D eigenvalue weighted by Gasteiger charge is 2.17. The van der Waals surface area contributed by atoms with E-state index in [2.05, 4.69) is 4.72 Å². The Balaban J connectivity index is 2.36. The van der Waals surface area contributed by atoms with Crippen molar-refractivity contribution >= 4 is 21.4 Å². The summed E-state index contributed by atoms with van der Waals surface area (Å²) in [5.74, 6) is -0.356. The Labute approximate surface area is 100 Å². The lowest BCUT2D eigenvalue weighted by Gasteiger charge is -2.21. The van der Waals surface area contributed by atoms with Gasteiger partial charge in [0.1, 0.15) is 5.82 Å². The van der Waals surface area contributed by atoms with E-state index in [1.54, 1.807) is 0 Å². The number of anilines is 2. The fraction of sp³-hybridized carbons (Fsp3) is 0.455. The second-order valence-electron chi connectivity index (χ2n) is 4.23. The molecule has 1 aliphatic heterocycles. The van der Waals surface area contributed by atoms with Gasteiger partial charge in [-0.15, -0.1) is 0 Å². The Kier molecular flexibility index (Phi) is 3.24. The van der Waals surface area contributed by atoms with Gasteiger partial charge < -0.3 is 4.90 Å². The fourth-order valence-corrected chi connectivity index (χ4v) is 2.58. The lowest BCUT2D eigenvalue weighted by molar-refractivity contribution is 0.606. The summed E-state index contributed by atoms with van der Waals surface area (Å²) in [5.41, 5.74) is 1.06. The topological polar surface area (TPSA) is 49.4 Å². The zero-order valence-electron chi connectivity index (χ0n) is 9.61. The van der Waals surface area contributed by atoms with Gasteiger partial charge in [-0.1, -0.05) is 0 Å². The molecular weight excluding hydrogens is 243 g/mol. The zero-order chi connectivity index (χ0) is 12.5. The molecular formula is C11H15FN2O2S. The van der Waals surface area contributed by atoms with Crippen LogP contribution in [0, 0.1) is 5.82 Å².